The molecular weight excluding hydrogens is 279 g/mol. The van der Waals surface area contributed by atoms with Crippen LogP contribution in [-0.4, -0.2) is 36.8 Å². The van der Waals surface area contributed by atoms with E-state index in [2.05, 4.69) is 12.2 Å². The van der Waals surface area contributed by atoms with E-state index in [9.17, 15) is 14.5 Å². The molecule has 0 radical (unpaired) electrons. The van der Waals surface area contributed by atoms with Crippen LogP contribution >= 0.6 is 0 Å². The summed E-state index contributed by atoms with van der Waals surface area (Å²) in [5.74, 6) is -0.717. The number of hydrogen-bond donors (Lipinski definition) is 1. The Morgan fingerprint density at radius 3 is 2.86 bits per heavy atom. The van der Waals surface area contributed by atoms with Gasteiger partial charge in [0, 0.05) is 25.6 Å². The largest absolute Gasteiger partial charge is 0.485 e. The van der Waals surface area contributed by atoms with Crippen molar-refractivity contribution in [1.82, 2.24) is 5.32 Å². The highest BCUT2D eigenvalue weighted by Crippen LogP contribution is 2.31. The van der Waals surface area contributed by atoms with Crippen LogP contribution in [0.15, 0.2) is 18.2 Å². The summed E-state index contributed by atoms with van der Waals surface area (Å²) in [6, 6.07) is 3.57. The second kappa shape index (κ2) is 6.82. The maximum atomic E-state index is 13.8. The fraction of sp³-hybridized carbons (Fsp3) is 0.571. The smallest absolute Gasteiger partial charge is 0.272 e. The van der Waals surface area contributed by atoms with Crippen LogP contribution in [0.5, 0.6) is 5.75 Å². The van der Waals surface area contributed by atoms with E-state index in [1.807, 2.05) is 0 Å². The molecule has 3 atom stereocenters. The number of halogens is 1. The molecule has 1 N–H and O–H groups in total. The van der Waals surface area contributed by atoms with E-state index in [1.165, 1.54) is 12.1 Å². The van der Waals surface area contributed by atoms with Crippen LogP contribution in [0.4, 0.5) is 10.1 Å². The van der Waals surface area contributed by atoms with Crippen molar-refractivity contribution in [2.75, 3.05) is 13.7 Å². The van der Waals surface area contributed by atoms with Crippen molar-refractivity contribution in [2.45, 2.75) is 38.0 Å². The molecule has 0 bridgehead atoms. The van der Waals surface area contributed by atoms with Gasteiger partial charge in [0.1, 0.15) is 12.2 Å². The Kier molecular flexibility index (Phi) is 5.08. The van der Waals surface area contributed by atoms with Gasteiger partial charge in [-0.1, -0.05) is 6.92 Å². The monoisotopic (exact) mass is 298 g/mol. The molecule has 2 rings (SSSR count). The lowest BCUT2D eigenvalue weighted by atomic mass is 9.85. The summed E-state index contributed by atoms with van der Waals surface area (Å²) in [5.41, 5.74) is -0.292. The van der Waals surface area contributed by atoms with Crippen molar-refractivity contribution < 1.29 is 18.8 Å². The zero-order chi connectivity index (χ0) is 15.4. The molecule has 0 aromatic heterocycles. The van der Waals surface area contributed by atoms with Gasteiger partial charge in [-0.25, -0.2) is 4.39 Å². The maximum Gasteiger partial charge on any atom is 0.272 e. The Hall–Kier alpha value is -1.73. The Morgan fingerprint density at radius 2 is 2.29 bits per heavy atom. The number of nitro groups is 1. The summed E-state index contributed by atoms with van der Waals surface area (Å²) in [5, 5.41) is 13.9. The van der Waals surface area contributed by atoms with E-state index in [0.717, 1.165) is 25.5 Å². The van der Waals surface area contributed by atoms with Gasteiger partial charge >= 0.3 is 0 Å². The molecular formula is C14H19FN2O4. The topological polar surface area (TPSA) is 73.6 Å². The molecule has 0 heterocycles. The highest BCUT2D eigenvalue weighted by atomic mass is 19.1. The first-order chi connectivity index (χ1) is 10.1. The quantitative estimate of drug-likeness (QED) is 0.617. The average Bonchev–Trinajstić information content (AvgIpc) is 2.43. The van der Waals surface area contributed by atoms with Gasteiger partial charge < -0.3 is 14.8 Å². The van der Waals surface area contributed by atoms with Gasteiger partial charge in [-0.15, -0.1) is 0 Å². The Balaban J connectivity index is 1.98. The first-order valence-corrected chi connectivity index (χ1v) is 6.93. The Bertz CT molecular complexity index is 512. The third-order valence-electron chi connectivity index (χ3n) is 3.58. The molecule has 1 aliphatic carbocycles. The highest BCUT2D eigenvalue weighted by Gasteiger charge is 2.43. The lowest BCUT2D eigenvalue weighted by Gasteiger charge is -2.43. The first-order valence-electron chi connectivity index (χ1n) is 6.93. The first kappa shape index (κ1) is 15.7. The van der Waals surface area contributed by atoms with Gasteiger partial charge in [0.05, 0.1) is 11.0 Å². The number of rotatable bonds is 7. The van der Waals surface area contributed by atoms with E-state index in [1.54, 1.807) is 7.11 Å². The summed E-state index contributed by atoms with van der Waals surface area (Å²) < 4.78 is 24.7. The zero-order valence-electron chi connectivity index (χ0n) is 12.0. The van der Waals surface area contributed by atoms with Crippen molar-refractivity contribution in [2.24, 2.45) is 0 Å². The molecule has 0 saturated heterocycles. The highest BCUT2D eigenvalue weighted by molar-refractivity contribution is 5.37. The zero-order valence-corrected chi connectivity index (χ0v) is 12.0. The number of benzene rings is 1. The maximum absolute atomic E-state index is 13.8. The summed E-state index contributed by atoms with van der Waals surface area (Å²) in [6.45, 7) is 2.97. The minimum Gasteiger partial charge on any atom is -0.485 e. The van der Waals surface area contributed by atoms with Crippen LogP contribution in [0.2, 0.25) is 0 Å². The van der Waals surface area contributed by atoms with Gasteiger partial charge in [0.2, 0.25) is 0 Å². The average molecular weight is 298 g/mol. The Labute approximate surface area is 122 Å². The van der Waals surface area contributed by atoms with Crippen LogP contribution < -0.4 is 10.1 Å². The lowest BCUT2D eigenvalue weighted by molar-refractivity contribution is -0.385. The molecule has 1 aromatic rings. The molecule has 21 heavy (non-hydrogen) atoms. The summed E-state index contributed by atoms with van der Waals surface area (Å²) in [6.07, 6.45) is 1.34. The van der Waals surface area contributed by atoms with Crippen LogP contribution in [0.1, 0.15) is 19.8 Å². The molecule has 0 spiro atoms. The molecule has 1 aliphatic rings. The summed E-state index contributed by atoms with van der Waals surface area (Å²) >= 11 is 0. The second-order valence-corrected chi connectivity index (χ2v) is 5.02. The van der Waals surface area contributed by atoms with Crippen LogP contribution in [0, 0.1) is 15.9 Å². The fourth-order valence-corrected chi connectivity index (χ4v) is 2.40. The molecule has 0 amide bonds. The number of nitrogens with zero attached hydrogens (tertiary/aromatic N) is 1. The van der Waals surface area contributed by atoms with Crippen molar-refractivity contribution in [3.05, 3.63) is 34.1 Å². The summed E-state index contributed by atoms with van der Waals surface area (Å²) in [4.78, 5) is 9.93. The van der Waals surface area contributed by atoms with Crippen LogP contribution in [0.3, 0.4) is 0 Å². The van der Waals surface area contributed by atoms with Gasteiger partial charge in [-0.3, -0.25) is 10.1 Å². The SMILES string of the molecule is CCCNC1CC(Oc2ccc([N+](=O)[O-])cc2F)C1OC. The molecule has 7 heteroatoms. The van der Waals surface area contributed by atoms with E-state index in [-0.39, 0.29) is 29.7 Å². The predicted octanol–water partition coefficient (Wildman–Crippen LogP) is 2.27. The van der Waals surface area contributed by atoms with E-state index in [4.69, 9.17) is 9.47 Å². The molecule has 1 fully saturated rings. The normalized spacial score (nSPS) is 24.4. The minimum absolute atomic E-state index is 0.0154. The lowest BCUT2D eigenvalue weighted by Crippen LogP contribution is -2.61. The minimum atomic E-state index is -0.732. The predicted molar refractivity (Wildman–Crippen MR) is 75.0 cm³/mol. The standard InChI is InChI=1S/C14H19FN2O4/c1-3-6-16-11-8-13(14(11)20-2)21-12-5-4-9(17(18)19)7-10(12)15/h4-5,7,11,13-14,16H,3,6,8H2,1-2H3. The fourth-order valence-electron chi connectivity index (χ4n) is 2.40. The number of nitro benzene ring substituents is 1. The third kappa shape index (κ3) is 3.48. The van der Waals surface area contributed by atoms with Gasteiger partial charge in [-0.2, -0.15) is 0 Å². The summed E-state index contributed by atoms with van der Waals surface area (Å²) in [7, 11) is 1.59. The van der Waals surface area contributed by atoms with Crippen molar-refractivity contribution in [1.29, 1.82) is 0 Å². The number of non-ortho nitro benzene ring substituents is 1. The van der Waals surface area contributed by atoms with Crippen molar-refractivity contribution >= 4 is 5.69 Å². The van der Waals surface area contributed by atoms with Crippen molar-refractivity contribution in [3.63, 3.8) is 0 Å². The second-order valence-electron chi connectivity index (χ2n) is 5.02. The van der Waals surface area contributed by atoms with Crippen LogP contribution in [-0.2, 0) is 4.74 Å². The number of hydrogen-bond acceptors (Lipinski definition) is 5. The molecule has 1 aromatic carbocycles. The number of methoxy groups -OCH3 is 1. The molecule has 116 valence electrons. The van der Waals surface area contributed by atoms with Crippen molar-refractivity contribution in [3.8, 4) is 5.75 Å². The number of ether oxygens (including phenoxy) is 2. The van der Waals surface area contributed by atoms with Crippen LogP contribution in [0.25, 0.3) is 0 Å². The van der Waals surface area contributed by atoms with Gasteiger partial charge in [-0.05, 0) is 19.0 Å². The number of nitrogens with one attached hydrogen (secondary N) is 1. The van der Waals surface area contributed by atoms with E-state index >= 15 is 0 Å². The molecule has 6 nitrogen and oxygen atoms in total. The Morgan fingerprint density at radius 1 is 1.52 bits per heavy atom. The van der Waals surface area contributed by atoms with E-state index < -0.39 is 10.7 Å². The third-order valence-corrected chi connectivity index (χ3v) is 3.58. The van der Waals surface area contributed by atoms with Gasteiger partial charge in [0.15, 0.2) is 11.6 Å². The van der Waals surface area contributed by atoms with E-state index in [0.29, 0.717) is 0 Å². The molecule has 3 unspecified atom stereocenters. The van der Waals surface area contributed by atoms with Gasteiger partial charge in [0.25, 0.3) is 5.69 Å². The molecule has 1 saturated carbocycles. The molecule has 0 aliphatic heterocycles.